The van der Waals surface area contributed by atoms with Crippen molar-refractivity contribution in [3.8, 4) is 0 Å². The Labute approximate surface area is 112 Å². The molecule has 0 saturated carbocycles. The minimum atomic E-state index is -4.54. The Hall–Kier alpha value is -0.0700. The monoisotopic (exact) mass is 356 g/mol. The number of hydrogen-bond donors (Lipinski definition) is 0. The van der Waals surface area contributed by atoms with Crippen LogP contribution in [0.2, 0.25) is 5.02 Å². The van der Waals surface area contributed by atoms with E-state index in [2.05, 4.69) is 15.9 Å². The number of benzene rings is 1. The molecule has 0 aliphatic rings. The second kappa shape index (κ2) is 5.28. The van der Waals surface area contributed by atoms with Crippen LogP contribution in [0.15, 0.2) is 16.6 Å². The molecule has 0 aliphatic carbocycles. The van der Waals surface area contributed by atoms with Crippen LogP contribution in [-0.2, 0) is 0 Å². The Bertz CT molecular complexity index is 424. The van der Waals surface area contributed by atoms with Crippen molar-refractivity contribution in [1.29, 1.82) is 0 Å². The third kappa shape index (κ3) is 3.03. The molecule has 1 unspecified atom stereocenters. The maximum Gasteiger partial charge on any atom is 0.327 e. The predicted octanol–water partition coefficient (Wildman–Crippen LogP) is 5.42. The molecule has 1 atom stereocenters. The fraction of sp³-hybridized carbons (Fsp3) is 0.333. The van der Waals surface area contributed by atoms with Gasteiger partial charge in [0.2, 0.25) is 0 Å². The molecule has 96 valence electrons. The second-order valence-corrected chi connectivity index (χ2v) is 4.82. The van der Waals surface area contributed by atoms with Crippen LogP contribution in [0, 0.1) is 5.82 Å². The largest absolute Gasteiger partial charge is 0.327 e. The van der Waals surface area contributed by atoms with Crippen LogP contribution >= 0.6 is 39.1 Å². The van der Waals surface area contributed by atoms with Gasteiger partial charge < -0.3 is 0 Å². The summed E-state index contributed by atoms with van der Waals surface area (Å²) in [5.41, 5.74) is -0.773. The van der Waals surface area contributed by atoms with Gasteiger partial charge in [-0.3, -0.25) is 0 Å². The summed E-state index contributed by atoms with van der Waals surface area (Å²) in [6.45, 7) is 0. The van der Waals surface area contributed by atoms with Crippen molar-refractivity contribution in [2.75, 3.05) is 0 Å². The number of hydrogen-bond acceptors (Lipinski definition) is 0. The molecule has 0 N–H and O–H groups in total. The summed E-state index contributed by atoms with van der Waals surface area (Å²) in [4.78, 5) is 0. The second-order valence-electron chi connectivity index (χ2n) is 3.13. The first-order chi connectivity index (χ1) is 7.67. The van der Waals surface area contributed by atoms with Gasteiger partial charge in [0.25, 0.3) is 0 Å². The highest BCUT2D eigenvalue weighted by atomic mass is 79.9. The van der Waals surface area contributed by atoms with Gasteiger partial charge in [-0.2, -0.15) is 8.78 Å². The normalized spacial score (nSPS) is 14.2. The summed E-state index contributed by atoms with van der Waals surface area (Å²) in [5.74, 6) is -5.68. The van der Waals surface area contributed by atoms with Crippen molar-refractivity contribution in [2.24, 2.45) is 0 Å². The lowest BCUT2D eigenvalue weighted by Crippen LogP contribution is -2.32. The van der Waals surface area contributed by atoms with Gasteiger partial charge >= 0.3 is 12.3 Å². The molecule has 0 heterocycles. The molecule has 1 aromatic carbocycles. The molecule has 0 radical (unpaired) electrons. The molecule has 0 spiro atoms. The number of alkyl halides is 5. The fourth-order valence-electron chi connectivity index (χ4n) is 1.05. The first-order valence-corrected chi connectivity index (χ1v) is 5.73. The molecule has 0 saturated heterocycles. The van der Waals surface area contributed by atoms with Gasteiger partial charge in [0.1, 0.15) is 11.2 Å². The SMILES string of the molecule is Fc1cc(Br)c(Cl)cc1C(Cl)C(F)(F)C(F)F. The highest BCUT2D eigenvalue weighted by Gasteiger charge is 2.49. The first kappa shape index (κ1) is 15.0. The molecule has 0 fully saturated rings. The van der Waals surface area contributed by atoms with E-state index >= 15 is 0 Å². The summed E-state index contributed by atoms with van der Waals surface area (Å²) in [5, 5.41) is -2.59. The van der Waals surface area contributed by atoms with Crippen LogP contribution in [-0.4, -0.2) is 12.3 Å². The van der Waals surface area contributed by atoms with Crippen molar-refractivity contribution in [2.45, 2.75) is 17.7 Å². The van der Waals surface area contributed by atoms with Gasteiger partial charge in [0, 0.05) is 10.0 Å². The smallest absolute Gasteiger partial charge is 0.207 e. The van der Waals surface area contributed by atoms with E-state index in [1.54, 1.807) is 0 Å². The lowest BCUT2D eigenvalue weighted by Gasteiger charge is -2.21. The lowest BCUT2D eigenvalue weighted by molar-refractivity contribution is -0.131. The summed E-state index contributed by atoms with van der Waals surface area (Å²) >= 11 is 13.6. The van der Waals surface area contributed by atoms with Gasteiger partial charge in [-0.05, 0) is 28.1 Å². The summed E-state index contributed by atoms with van der Waals surface area (Å²) in [7, 11) is 0. The van der Waals surface area contributed by atoms with Crippen LogP contribution in [0.25, 0.3) is 0 Å². The van der Waals surface area contributed by atoms with E-state index < -0.39 is 29.1 Å². The number of rotatable bonds is 3. The first-order valence-electron chi connectivity index (χ1n) is 4.12. The Morgan fingerprint density at radius 1 is 1.24 bits per heavy atom. The zero-order valence-corrected chi connectivity index (χ0v) is 10.9. The van der Waals surface area contributed by atoms with Crippen LogP contribution in [0.3, 0.4) is 0 Å². The van der Waals surface area contributed by atoms with Crippen molar-refractivity contribution in [3.05, 3.63) is 33.0 Å². The minimum absolute atomic E-state index is 0.0999. The van der Waals surface area contributed by atoms with Crippen molar-refractivity contribution in [1.82, 2.24) is 0 Å². The van der Waals surface area contributed by atoms with Gasteiger partial charge in [0.15, 0.2) is 0 Å². The average Bonchev–Trinajstić information content (AvgIpc) is 2.22. The maximum atomic E-state index is 13.3. The van der Waals surface area contributed by atoms with E-state index in [1.807, 2.05) is 0 Å². The summed E-state index contributed by atoms with van der Waals surface area (Å²) < 4.78 is 63.4. The molecule has 0 bridgehead atoms. The van der Waals surface area contributed by atoms with Crippen molar-refractivity contribution >= 4 is 39.1 Å². The fourth-order valence-corrected chi connectivity index (χ4v) is 1.80. The van der Waals surface area contributed by atoms with Gasteiger partial charge in [0.05, 0.1) is 5.02 Å². The zero-order valence-electron chi connectivity index (χ0n) is 7.83. The van der Waals surface area contributed by atoms with Crippen LogP contribution in [0.4, 0.5) is 22.0 Å². The molecule has 17 heavy (non-hydrogen) atoms. The highest BCUT2D eigenvalue weighted by molar-refractivity contribution is 9.10. The summed E-state index contributed by atoms with van der Waals surface area (Å²) in [6.07, 6.45) is -3.99. The van der Waals surface area contributed by atoms with Crippen molar-refractivity contribution in [3.63, 3.8) is 0 Å². The van der Waals surface area contributed by atoms with Crippen molar-refractivity contribution < 1.29 is 22.0 Å². The molecule has 0 aromatic heterocycles. The standard InChI is InChI=1S/C9H4BrCl2F5/c10-4-2-6(13)3(1-5(4)11)7(12)9(16,17)8(14)15/h1-2,7-8H. The van der Waals surface area contributed by atoms with Crippen LogP contribution in [0.1, 0.15) is 10.9 Å². The Kier molecular flexibility index (Phi) is 4.66. The number of halogens is 8. The highest BCUT2D eigenvalue weighted by Crippen LogP contribution is 2.43. The minimum Gasteiger partial charge on any atom is -0.207 e. The molecule has 1 rings (SSSR count). The van der Waals surface area contributed by atoms with Gasteiger partial charge in [-0.25, -0.2) is 13.2 Å². The zero-order chi connectivity index (χ0) is 13.4. The van der Waals surface area contributed by atoms with Gasteiger partial charge in [-0.15, -0.1) is 11.6 Å². The molecular weight excluding hydrogens is 354 g/mol. The Morgan fingerprint density at radius 2 is 1.76 bits per heavy atom. The van der Waals surface area contributed by atoms with E-state index in [-0.39, 0.29) is 9.50 Å². The van der Waals surface area contributed by atoms with E-state index in [0.717, 1.165) is 12.1 Å². The molecule has 0 nitrogen and oxygen atoms in total. The Morgan fingerprint density at radius 3 is 2.24 bits per heavy atom. The third-order valence-electron chi connectivity index (χ3n) is 1.94. The van der Waals surface area contributed by atoms with E-state index in [1.165, 1.54) is 0 Å². The average molecular weight is 358 g/mol. The molecule has 8 heteroatoms. The lowest BCUT2D eigenvalue weighted by atomic mass is 10.1. The van der Waals surface area contributed by atoms with E-state index in [9.17, 15) is 22.0 Å². The molecule has 0 amide bonds. The Balaban J connectivity index is 3.21. The maximum absolute atomic E-state index is 13.3. The van der Waals surface area contributed by atoms with Crippen LogP contribution in [0.5, 0.6) is 0 Å². The third-order valence-corrected chi connectivity index (χ3v) is 3.66. The molecule has 0 aliphatic heterocycles. The quantitative estimate of drug-likeness (QED) is 0.385. The topological polar surface area (TPSA) is 0 Å². The molecule has 1 aromatic rings. The molecular formula is C9H4BrCl2F5. The summed E-state index contributed by atoms with van der Waals surface area (Å²) in [6, 6.07) is 1.57. The predicted molar refractivity (Wildman–Crippen MR) is 58.7 cm³/mol. The van der Waals surface area contributed by atoms with Gasteiger partial charge in [-0.1, -0.05) is 11.6 Å². The van der Waals surface area contributed by atoms with E-state index in [4.69, 9.17) is 23.2 Å². The van der Waals surface area contributed by atoms with Crippen LogP contribution < -0.4 is 0 Å². The van der Waals surface area contributed by atoms with E-state index in [0.29, 0.717) is 0 Å².